The van der Waals surface area contributed by atoms with E-state index in [1.54, 1.807) is 0 Å². The average molecular weight is 173 g/mol. The Bertz CT molecular complexity index is 112. The summed E-state index contributed by atoms with van der Waals surface area (Å²) in [5.41, 5.74) is 0. The van der Waals surface area contributed by atoms with Crippen LogP contribution in [0.25, 0.3) is 0 Å². The summed E-state index contributed by atoms with van der Waals surface area (Å²) in [6.07, 6.45) is 0.759. The summed E-state index contributed by atoms with van der Waals surface area (Å²) in [5.74, 6) is 0.334. The summed E-state index contributed by atoms with van der Waals surface area (Å²) >= 11 is 0. The smallest absolute Gasteiger partial charge is 0.0715 e. The lowest BCUT2D eigenvalue weighted by molar-refractivity contribution is 0.0780. The van der Waals surface area contributed by atoms with Gasteiger partial charge < -0.3 is 10.4 Å². The van der Waals surface area contributed by atoms with Crippen molar-refractivity contribution in [3.8, 4) is 0 Å². The van der Waals surface area contributed by atoms with Gasteiger partial charge in [-0.25, -0.2) is 0 Å². The van der Waals surface area contributed by atoms with Crippen LogP contribution >= 0.6 is 0 Å². The van der Waals surface area contributed by atoms with E-state index in [2.05, 4.69) is 39.9 Å². The topological polar surface area (TPSA) is 32.3 Å². The number of aliphatic hydroxyl groups excluding tert-OH is 1. The second-order valence-corrected chi connectivity index (χ2v) is 4.07. The highest BCUT2D eigenvalue weighted by Gasteiger charge is 2.20. The molecule has 2 N–H and O–H groups in total. The SMILES string of the molecule is CCC(NC(C)C)C(O)C(C)C. The predicted molar refractivity (Wildman–Crippen MR) is 53.2 cm³/mol. The molecule has 0 saturated carbocycles. The monoisotopic (exact) mass is 173 g/mol. The highest BCUT2D eigenvalue weighted by Crippen LogP contribution is 2.09. The van der Waals surface area contributed by atoms with Gasteiger partial charge in [-0.05, 0) is 12.3 Å². The van der Waals surface area contributed by atoms with Crippen LogP contribution in [0.4, 0.5) is 0 Å². The molecule has 0 spiro atoms. The molecule has 0 radical (unpaired) electrons. The lowest BCUT2D eigenvalue weighted by Gasteiger charge is -2.27. The van der Waals surface area contributed by atoms with Crippen LogP contribution in [-0.4, -0.2) is 23.3 Å². The van der Waals surface area contributed by atoms with Crippen LogP contribution < -0.4 is 5.32 Å². The molecule has 0 bridgehead atoms. The van der Waals surface area contributed by atoms with E-state index in [0.717, 1.165) is 6.42 Å². The molecule has 0 rings (SSSR count). The van der Waals surface area contributed by atoms with Crippen molar-refractivity contribution in [1.82, 2.24) is 5.32 Å². The first-order valence-corrected chi connectivity index (χ1v) is 4.93. The fourth-order valence-electron chi connectivity index (χ4n) is 1.35. The van der Waals surface area contributed by atoms with Crippen molar-refractivity contribution < 1.29 is 5.11 Å². The summed E-state index contributed by atoms with van der Waals surface area (Å²) < 4.78 is 0. The summed E-state index contributed by atoms with van der Waals surface area (Å²) in [4.78, 5) is 0. The summed E-state index contributed by atoms with van der Waals surface area (Å²) in [5, 5.41) is 13.1. The lowest BCUT2D eigenvalue weighted by atomic mass is 9.97. The van der Waals surface area contributed by atoms with Gasteiger partial charge in [0.1, 0.15) is 0 Å². The first-order chi connectivity index (χ1) is 5.49. The summed E-state index contributed by atoms with van der Waals surface area (Å²) in [6, 6.07) is 0.688. The van der Waals surface area contributed by atoms with E-state index in [1.807, 2.05) is 0 Å². The largest absolute Gasteiger partial charge is 0.391 e. The second-order valence-electron chi connectivity index (χ2n) is 4.07. The quantitative estimate of drug-likeness (QED) is 0.664. The Kier molecular flexibility index (Phi) is 5.51. The van der Waals surface area contributed by atoms with Crippen LogP contribution in [0.15, 0.2) is 0 Å². The Hall–Kier alpha value is -0.0800. The number of aliphatic hydroxyl groups is 1. The van der Waals surface area contributed by atoms with Crippen LogP contribution in [0.5, 0.6) is 0 Å². The van der Waals surface area contributed by atoms with Crippen molar-refractivity contribution in [3.05, 3.63) is 0 Å². The van der Waals surface area contributed by atoms with Gasteiger partial charge in [-0.15, -0.1) is 0 Å². The molecule has 12 heavy (non-hydrogen) atoms. The summed E-state index contributed by atoms with van der Waals surface area (Å²) in [7, 11) is 0. The van der Waals surface area contributed by atoms with Crippen molar-refractivity contribution in [2.45, 2.75) is 59.2 Å². The van der Waals surface area contributed by atoms with Crippen LogP contribution in [0.3, 0.4) is 0 Å². The molecule has 2 nitrogen and oxygen atoms in total. The Morgan fingerprint density at radius 3 is 1.92 bits per heavy atom. The van der Waals surface area contributed by atoms with Gasteiger partial charge in [-0.2, -0.15) is 0 Å². The van der Waals surface area contributed by atoms with Crippen molar-refractivity contribution in [2.75, 3.05) is 0 Å². The van der Waals surface area contributed by atoms with E-state index < -0.39 is 0 Å². The zero-order chi connectivity index (χ0) is 9.72. The van der Waals surface area contributed by atoms with Crippen LogP contribution in [0.1, 0.15) is 41.0 Å². The standard InChI is InChI=1S/C10H23NO/c1-6-9(11-8(4)5)10(12)7(2)3/h7-12H,6H2,1-5H3. The van der Waals surface area contributed by atoms with Crippen LogP contribution in [0.2, 0.25) is 0 Å². The molecule has 2 heteroatoms. The molecule has 74 valence electrons. The normalized spacial score (nSPS) is 17.0. The molecule has 0 aliphatic heterocycles. The highest BCUT2D eigenvalue weighted by molar-refractivity contribution is 4.77. The lowest BCUT2D eigenvalue weighted by Crippen LogP contribution is -2.45. The maximum Gasteiger partial charge on any atom is 0.0715 e. The minimum Gasteiger partial charge on any atom is -0.391 e. The molecule has 0 heterocycles. The molecule has 0 aliphatic rings. The van der Waals surface area contributed by atoms with Crippen LogP contribution in [0, 0.1) is 5.92 Å². The van der Waals surface area contributed by atoms with E-state index in [1.165, 1.54) is 0 Å². The zero-order valence-corrected chi connectivity index (χ0v) is 8.96. The molecule has 0 amide bonds. The van der Waals surface area contributed by atoms with Crippen molar-refractivity contribution in [2.24, 2.45) is 5.92 Å². The average Bonchev–Trinajstić information content (AvgIpc) is 1.98. The maximum atomic E-state index is 9.77. The molecule has 2 unspecified atom stereocenters. The van der Waals surface area contributed by atoms with Crippen molar-refractivity contribution in [3.63, 3.8) is 0 Å². The van der Waals surface area contributed by atoms with Gasteiger partial charge in [0, 0.05) is 12.1 Å². The van der Waals surface area contributed by atoms with Gasteiger partial charge in [0.05, 0.1) is 6.10 Å². The predicted octanol–water partition coefficient (Wildman–Crippen LogP) is 1.78. The number of nitrogens with one attached hydrogen (secondary N) is 1. The van der Waals surface area contributed by atoms with Gasteiger partial charge in [-0.3, -0.25) is 0 Å². The van der Waals surface area contributed by atoms with Gasteiger partial charge in [0.25, 0.3) is 0 Å². The molecule has 2 atom stereocenters. The van der Waals surface area contributed by atoms with Gasteiger partial charge in [0.15, 0.2) is 0 Å². The fourth-order valence-corrected chi connectivity index (χ4v) is 1.35. The molecule has 0 aliphatic carbocycles. The molecule has 0 aromatic rings. The van der Waals surface area contributed by atoms with E-state index in [0.29, 0.717) is 12.0 Å². The molecule has 0 fully saturated rings. The number of hydrogen-bond donors (Lipinski definition) is 2. The Morgan fingerprint density at radius 2 is 1.67 bits per heavy atom. The van der Waals surface area contributed by atoms with Gasteiger partial charge >= 0.3 is 0 Å². The van der Waals surface area contributed by atoms with Crippen LogP contribution in [-0.2, 0) is 0 Å². The Labute approximate surface area is 76.4 Å². The molecular formula is C10H23NO. The highest BCUT2D eigenvalue weighted by atomic mass is 16.3. The van der Waals surface area contributed by atoms with Crippen molar-refractivity contribution in [1.29, 1.82) is 0 Å². The van der Waals surface area contributed by atoms with E-state index in [-0.39, 0.29) is 12.1 Å². The van der Waals surface area contributed by atoms with E-state index in [9.17, 15) is 5.11 Å². The zero-order valence-electron chi connectivity index (χ0n) is 8.96. The molecule has 0 aromatic carbocycles. The Morgan fingerprint density at radius 1 is 1.17 bits per heavy atom. The minimum atomic E-state index is -0.225. The van der Waals surface area contributed by atoms with E-state index in [4.69, 9.17) is 0 Å². The number of hydrogen-bond acceptors (Lipinski definition) is 2. The summed E-state index contributed by atoms with van der Waals surface area (Å²) in [6.45, 7) is 10.4. The third-order valence-corrected chi connectivity index (χ3v) is 2.08. The molecular weight excluding hydrogens is 150 g/mol. The minimum absolute atomic E-state index is 0.225. The Balaban J connectivity index is 3.96. The van der Waals surface area contributed by atoms with E-state index >= 15 is 0 Å². The second kappa shape index (κ2) is 5.55. The fraction of sp³-hybridized carbons (Fsp3) is 1.00. The van der Waals surface area contributed by atoms with Crippen molar-refractivity contribution >= 4 is 0 Å². The maximum absolute atomic E-state index is 9.77. The molecule has 0 saturated heterocycles. The van der Waals surface area contributed by atoms with Gasteiger partial charge in [0.2, 0.25) is 0 Å². The third-order valence-electron chi connectivity index (χ3n) is 2.08. The number of rotatable bonds is 5. The third kappa shape index (κ3) is 4.07. The first kappa shape index (κ1) is 11.9. The molecule has 0 aromatic heterocycles. The van der Waals surface area contributed by atoms with Gasteiger partial charge in [-0.1, -0.05) is 34.6 Å². The first-order valence-electron chi connectivity index (χ1n) is 4.93.